The fourth-order valence-corrected chi connectivity index (χ4v) is 5.63. The van der Waals surface area contributed by atoms with E-state index in [9.17, 15) is 14.4 Å². The van der Waals surface area contributed by atoms with E-state index in [2.05, 4.69) is 4.52 Å². The highest BCUT2D eigenvalue weighted by molar-refractivity contribution is 8.07. The van der Waals surface area contributed by atoms with Crippen molar-refractivity contribution in [2.75, 3.05) is 14.2 Å². The highest BCUT2D eigenvalue weighted by atomic mass is 32.5. The van der Waals surface area contributed by atoms with Crippen molar-refractivity contribution in [1.29, 1.82) is 0 Å². The Morgan fingerprint density at radius 1 is 1.25 bits per heavy atom. The highest BCUT2D eigenvalue weighted by Gasteiger charge is 2.44. The second kappa shape index (κ2) is 8.42. The lowest BCUT2D eigenvalue weighted by molar-refractivity contribution is -0.00962. The molecular formula is C13H27BO7P2S. The molecule has 1 aliphatic rings. The highest BCUT2D eigenvalue weighted by Crippen LogP contribution is 2.54. The summed E-state index contributed by atoms with van der Waals surface area (Å²) in [6.07, 6.45) is 1.38. The normalized spacial score (nSPS) is 33.5. The average molecular weight is 400 g/mol. The van der Waals surface area contributed by atoms with Gasteiger partial charge in [-0.3, -0.25) is 4.57 Å². The first kappa shape index (κ1) is 22.5. The van der Waals surface area contributed by atoms with E-state index in [1.807, 2.05) is 7.85 Å². The first-order valence-electron chi connectivity index (χ1n) is 7.62. The summed E-state index contributed by atoms with van der Waals surface area (Å²) in [6.45, 7) is 1.92. The minimum atomic E-state index is -3.74. The van der Waals surface area contributed by atoms with Crippen LogP contribution in [0.3, 0.4) is 0 Å². The van der Waals surface area contributed by atoms with Gasteiger partial charge in [0.2, 0.25) is 0 Å². The Morgan fingerprint density at radius 2 is 1.83 bits per heavy atom. The van der Waals surface area contributed by atoms with Crippen LogP contribution in [0.4, 0.5) is 0 Å². The molecule has 0 aromatic rings. The molecule has 0 aliphatic heterocycles. The largest absolute Gasteiger partial charge is 0.378 e. The maximum absolute atomic E-state index is 11.6. The predicted molar refractivity (Wildman–Crippen MR) is 99.4 cm³/mol. The number of ether oxygens (including phenoxy) is 1. The van der Waals surface area contributed by atoms with Crippen LogP contribution in [-0.2, 0) is 34.7 Å². The number of hydrogen-bond donors (Lipinski definition) is 2. The Balaban J connectivity index is 2.89. The van der Waals surface area contributed by atoms with E-state index in [-0.39, 0.29) is 11.7 Å². The van der Waals surface area contributed by atoms with E-state index in [4.69, 9.17) is 25.6 Å². The summed E-state index contributed by atoms with van der Waals surface area (Å²) in [6, 6.07) is 0. The molecule has 1 aliphatic carbocycles. The Labute approximate surface area is 149 Å². The molecule has 0 heterocycles. The summed E-state index contributed by atoms with van der Waals surface area (Å²) in [5, 5.41) is 0. The van der Waals surface area contributed by atoms with Gasteiger partial charge in [-0.2, -0.15) is 0 Å². The molecule has 0 bridgehead atoms. The lowest BCUT2D eigenvalue weighted by Crippen LogP contribution is -2.31. The van der Waals surface area contributed by atoms with Gasteiger partial charge in [-0.05, 0) is 44.8 Å². The van der Waals surface area contributed by atoms with Gasteiger partial charge in [-0.1, -0.05) is 6.08 Å². The van der Waals surface area contributed by atoms with E-state index in [1.165, 1.54) is 14.2 Å². The molecule has 6 atom stereocenters. The van der Waals surface area contributed by atoms with Crippen LogP contribution in [0.25, 0.3) is 0 Å². The van der Waals surface area contributed by atoms with Gasteiger partial charge in [0, 0.05) is 26.0 Å². The third-order valence-electron chi connectivity index (χ3n) is 3.65. The van der Waals surface area contributed by atoms with Crippen molar-refractivity contribution < 1.29 is 32.7 Å². The zero-order valence-corrected chi connectivity index (χ0v) is 17.5. The van der Waals surface area contributed by atoms with Gasteiger partial charge in [-0.15, -0.1) is 0 Å². The lowest BCUT2D eigenvalue weighted by Gasteiger charge is -2.31. The van der Waals surface area contributed by atoms with Gasteiger partial charge in [-0.25, -0.2) is 0 Å². The molecule has 11 heteroatoms. The van der Waals surface area contributed by atoms with Crippen molar-refractivity contribution in [3.05, 3.63) is 11.9 Å². The number of methoxy groups -OCH3 is 1. The fraction of sp³-hybridized carbons (Fsp3) is 0.846. The van der Waals surface area contributed by atoms with E-state index in [0.29, 0.717) is 6.42 Å². The van der Waals surface area contributed by atoms with Crippen LogP contribution in [0.5, 0.6) is 0 Å². The topological polar surface area (TPSA) is 94.5 Å². The quantitative estimate of drug-likeness (QED) is 0.496. The van der Waals surface area contributed by atoms with Gasteiger partial charge >= 0.3 is 14.3 Å². The van der Waals surface area contributed by atoms with Crippen LogP contribution < -0.4 is 0 Å². The summed E-state index contributed by atoms with van der Waals surface area (Å²) >= 11 is 5.11. The first-order valence-corrected chi connectivity index (χ1v) is 11.9. The zero-order chi connectivity index (χ0) is 18.8. The smallest absolute Gasteiger partial charge is 0.351 e. The molecule has 0 saturated heterocycles. The van der Waals surface area contributed by atoms with Crippen molar-refractivity contribution in [1.82, 2.24) is 0 Å². The average Bonchev–Trinajstić information content (AvgIpc) is 2.69. The Morgan fingerprint density at radius 3 is 2.29 bits per heavy atom. The van der Waals surface area contributed by atoms with Crippen LogP contribution in [0, 0.1) is 5.92 Å². The molecule has 3 unspecified atom stereocenters. The van der Waals surface area contributed by atoms with Gasteiger partial charge < -0.3 is 28.1 Å². The van der Waals surface area contributed by atoms with Gasteiger partial charge in [0.25, 0.3) is 0 Å². The first-order chi connectivity index (χ1) is 10.8. The van der Waals surface area contributed by atoms with Crippen molar-refractivity contribution in [2.45, 2.75) is 50.8 Å². The summed E-state index contributed by atoms with van der Waals surface area (Å²) in [5.41, 5.74) is -0.629. The Hall–Kier alpha value is 0.445. The van der Waals surface area contributed by atoms with Crippen molar-refractivity contribution in [2.24, 2.45) is 5.92 Å². The Bertz CT molecular complexity index is 551. The molecular weight excluding hydrogens is 373 g/mol. The number of hydrogen-bond acceptors (Lipinski definition) is 6. The van der Waals surface area contributed by atoms with E-state index >= 15 is 0 Å². The van der Waals surface area contributed by atoms with Crippen LogP contribution in [0.2, 0.25) is 5.82 Å². The summed E-state index contributed by atoms with van der Waals surface area (Å²) in [7, 11) is 0.917. The molecule has 2 N–H and O–H groups in total. The van der Waals surface area contributed by atoms with Crippen LogP contribution in [-0.4, -0.2) is 49.7 Å². The SMILES string of the molecule is BC1C[C@H](/C=C/P(=O)(O)OC)[C@@H](OC)[C@H]1OP(O)(=S)OC(C)(C)C. The van der Waals surface area contributed by atoms with E-state index in [0.717, 1.165) is 5.82 Å². The van der Waals surface area contributed by atoms with E-state index < -0.39 is 32.1 Å². The lowest BCUT2D eigenvalue weighted by atomic mass is 9.84. The van der Waals surface area contributed by atoms with Crippen LogP contribution >= 0.6 is 14.3 Å². The fourth-order valence-electron chi connectivity index (χ4n) is 2.73. The third-order valence-corrected chi connectivity index (χ3v) is 6.49. The molecule has 0 aromatic carbocycles. The molecule has 0 amide bonds. The zero-order valence-electron chi connectivity index (χ0n) is 14.9. The van der Waals surface area contributed by atoms with Gasteiger partial charge in [0.15, 0.2) is 0 Å². The monoisotopic (exact) mass is 400 g/mol. The second-order valence-corrected chi connectivity index (χ2v) is 11.4. The molecule has 24 heavy (non-hydrogen) atoms. The minimum Gasteiger partial charge on any atom is -0.378 e. The third kappa shape index (κ3) is 6.98. The molecule has 0 radical (unpaired) electrons. The molecule has 1 rings (SSSR count). The minimum absolute atomic E-state index is 0.0308. The molecule has 1 fully saturated rings. The van der Waals surface area contributed by atoms with Crippen LogP contribution in [0.15, 0.2) is 11.9 Å². The second-order valence-electron chi connectivity index (χ2n) is 6.91. The molecule has 0 aromatic heterocycles. The number of rotatable bonds is 7. The van der Waals surface area contributed by atoms with Crippen molar-refractivity contribution in [3.63, 3.8) is 0 Å². The summed E-state index contributed by atoms with van der Waals surface area (Å²) in [5.74, 6) is 1.03. The Kier molecular flexibility index (Phi) is 7.89. The van der Waals surface area contributed by atoms with Crippen molar-refractivity contribution >= 4 is 34.0 Å². The predicted octanol–water partition coefficient (Wildman–Crippen LogP) is 2.21. The van der Waals surface area contributed by atoms with Crippen molar-refractivity contribution in [3.8, 4) is 0 Å². The van der Waals surface area contributed by atoms with Gasteiger partial charge in [0.1, 0.15) is 7.85 Å². The molecule has 7 nitrogen and oxygen atoms in total. The maximum Gasteiger partial charge on any atom is 0.351 e. The molecule has 1 saturated carbocycles. The summed E-state index contributed by atoms with van der Waals surface area (Å²) in [4.78, 5) is 19.8. The maximum atomic E-state index is 11.6. The summed E-state index contributed by atoms with van der Waals surface area (Å²) < 4.78 is 32.8. The molecule has 140 valence electrons. The standard InChI is InChI=1S/C13H27BO7P2S/c1-13(2,3)21-23(17,24)20-12-10(14)8-9(11(12)18-4)6-7-22(15,16)19-5/h6-7,9-12H,8,14H2,1-5H3,(H,15,16)(H,17,24)/b7-6+/t9-,10?,11+,12-,23?/m0/s1. The van der Waals surface area contributed by atoms with Crippen LogP contribution in [0.1, 0.15) is 27.2 Å². The van der Waals surface area contributed by atoms with E-state index in [1.54, 1.807) is 26.8 Å². The molecule has 0 spiro atoms. The van der Waals surface area contributed by atoms with Gasteiger partial charge in [0.05, 0.1) is 17.8 Å².